The molecule has 0 radical (unpaired) electrons. The van der Waals surface area contributed by atoms with E-state index in [0.717, 1.165) is 16.0 Å². The Morgan fingerprint density at radius 3 is 2.28 bits per heavy atom. The number of hydrogen-bond acceptors (Lipinski definition) is 6. The Bertz CT molecular complexity index is 1140. The molecule has 3 atom stereocenters. The van der Waals surface area contributed by atoms with Crippen LogP contribution >= 0.6 is 0 Å². The summed E-state index contributed by atoms with van der Waals surface area (Å²) in [5.41, 5.74) is 6.98. The molecule has 1 aliphatic rings. The van der Waals surface area contributed by atoms with E-state index >= 15 is 0 Å². The van der Waals surface area contributed by atoms with Crippen molar-refractivity contribution in [2.24, 2.45) is 11.7 Å². The van der Waals surface area contributed by atoms with E-state index in [0.29, 0.717) is 32.1 Å². The summed E-state index contributed by atoms with van der Waals surface area (Å²) in [4.78, 5) is 42.3. The molecule has 2 aromatic rings. The topological polar surface area (TPSA) is 129 Å². The fraction of sp³-hybridized carbons (Fsp3) is 0.467. The zero-order valence-electron chi connectivity index (χ0n) is 23.4. The maximum atomic E-state index is 13.7. The molecule has 0 bridgehead atoms. The van der Waals surface area contributed by atoms with Gasteiger partial charge in [-0.05, 0) is 49.1 Å². The third-order valence-corrected chi connectivity index (χ3v) is 7.17. The molecular weight excluding hydrogens is 494 g/mol. The van der Waals surface area contributed by atoms with Gasteiger partial charge in [-0.3, -0.25) is 19.9 Å². The van der Waals surface area contributed by atoms with Crippen LogP contribution in [-0.4, -0.2) is 59.4 Å². The van der Waals surface area contributed by atoms with Crippen molar-refractivity contribution >= 4 is 23.9 Å². The van der Waals surface area contributed by atoms with E-state index in [1.54, 1.807) is 0 Å². The van der Waals surface area contributed by atoms with Crippen LogP contribution in [0.1, 0.15) is 57.6 Å². The molecule has 0 spiro atoms. The fourth-order valence-electron chi connectivity index (χ4n) is 5.31. The van der Waals surface area contributed by atoms with Crippen molar-refractivity contribution in [1.82, 2.24) is 15.1 Å². The van der Waals surface area contributed by atoms with Gasteiger partial charge in [-0.1, -0.05) is 81.4 Å². The zero-order chi connectivity index (χ0) is 28.6. The van der Waals surface area contributed by atoms with Crippen LogP contribution in [0.4, 0.5) is 4.79 Å². The Hall–Kier alpha value is -3.72. The quantitative estimate of drug-likeness (QED) is 0.377. The number of nitrogens with one attached hydrogen (secondary N) is 2. The van der Waals surface area contributed by atoms with Crippen molar-refractivity contribution in [3.63, 3.8) is 0 Å². The molecule has 39 heavy (non-hydrogen) atoms. The Morgan fingerprint density at radius 1 is 1.10 bits per heavy atom. The monoisotopic (exact) mass is 535 g/mol. The van der Waals surface area contributed by atoms with Gasteiger partial charge in [-0.25, -0.2) is 9.69 Å². The third-order valence-electron chi connectivity index (χ3n) is 7.17. The summed E-state index contributed by atoms with van der Waals surface area (Å²) >= 11 is 0. The molecule has 1 fully saturated rings. The van der Waals surface area contributed by atoms with Crippen molar-refractivity contribution in [1.29, 1.82) is 5.41 Å². The fourth-order valence-corrected chi connectivity index (χ4v) is 5.31. The Balaban J connectivity index is 1.71. The van der Waals surface area contributed by atoms with E-state index < -0.39 is 29.6 Å². The van der Waals surface area contributed by atoms with Crippen LogP contribution in [0.5, 0.6) is 0 Å². The highest BCUT2D eigenvalue weighted by Crippen LogP contribution is 2.35. The molecule has 1 saturated heterocycles. The number of ether oxygens (including phenoxy) is 1. The molecule has 0 unspecified atom stereocenters. The SMILES string of the molecule is CC[C@@H](CCCN1C(=N)N[C@](CC(C)C)(c2ccccc2)C1=O)N(C(=O)OC)C(=O)[C@@H](N)Cc1ccccc1. The smallest absolute Gasteiger partial charge is 0.416 e. The number of nitrogens with two attached hydrogens (primary N) is 1. The highest BCUT2D eigenvalue weighted by molar-refractivity contribution is 6.08. The molecule has 2 aromatic carbocycles. The number of imide groups is 1. The molecule has 1 heterocycles. The molecule has 0 aromatic heterocycles. The van der Waals surface area contributed by atoms with Crippen LogP contribution in [0.2, 0.25) is 0 Å². The summed E-state index contributed by atoms with van der Waals surface area (Å²) in [6.45, 7) is 6.29. The highest BCUT2D eigenvalue weighted by Gasteiger charge is 2.50. The average Bonchev–Trinajstić information content (AvgIpc) is 3.17. The van der Waals surface area contributed by atoms with Crippen molar-refractivity contribution in [2.45, 2.75) is 70.5 Å². The summed E-state index contributed by atoms with van der Waals surface area (Å²) in [7, 11) is 1.24. The maximum Gasteiger partial charge on any atom is 0.416 e. The molecule has 3 amide bonds. The molecule has 0 saturated carbocycles. The Kier molecular flexibility index (Phi) is 10.2. The lowest BCUT2D eigenvalue weighted by atomic mass is 9.82. The number of amides is 3. The minimum absolute atomic E-state index is 0.0586. The lowest BCUT2D eigenvalue weighted by Gasteiger charge is -2.31. The Labute approximate surface area is 231 Å². The number of benzene rings is 2. The standard InChI is InChI=1S/C30H41N5O4/c1-5-24(35(29(38)39-4)26(36)25(31)19-22-13-8-6-9-14-22)17-12-18-34-27(37)30(20-21(2)3,33-28(34)32)23-15-10-7-11-16-23/h6-11,13-16,21,24-25H,5,12,17-20,31H2,1-4H3,(H2,32,33)/t24-,25-,30+/m0/s1. The predicted octanol–water partition coefficient (Wildman–Crippen LogP) is 4.02. The van der Waals surface area contributed by atoms with E-state index in [9.17, 15) is 14.4 Å². The van der Waals surface area contributed by atoms with Crippen LogP contribution < -0.4 is 11.1 Å². The summed E-state index contributed by atoms with van der Waals surface area (Å²) in [5, 5.41) is 11.7. The van der Waals surface area contributed by atoms with Crippen molar-refractivity contribution in [2.75, 3.05) is 13.7 Å². The van der Waals surface area contributed by atoms with Crippen LogP contribution in [0.25, 0.3) is 0 Å². The first-order chi connectivity index (χ1) is 18.6. The van der Waals surface area contributed by atoms with Gasteiger partial charge in [-0.2, -0.15) is 0 Å². The molecule has 9 heteroatoms. The summed E-state index contributed by atoms with van der Waals surface area (Å²) in [6.07, 6.45) is 1.53. The molecule has 210 valence electrons. The van der Waals surface area contributed by atoms with Crippen molar-refractivity contribution in [3.05, 3.63) is 71.8 Å². The van der Waals surface area contributed by atoms with Gasteiger partial charge >= 0.3 is 6.09 Å². The van der Waals surface area contributed by atoms with E-state index in [1.807, 2.05) is 67.6 Å². The largest absolute Gasteiger partial charge is 0.452 e. The van der Waals surface area contributed by atoms with Gasteiger partial charge in [0, 0.05) is 12.6 Å². The molecule has 3 rings (SSSR count). The van der Waals surface area contributed by atoms with Gasteiger partial charge < -0.3 is 15.8 Å². The van der Waals surface area contributed by atoms with Gasteiger partial charge in [0.15, 0.2) is 5.96 Å². The highest BCUT2D eigenvalue weighted by atomic mass is 16.5. The molecule has 0 aliphatic carbocycles. The van der Waals surface area contributed by atoms with Crippen LogP contribution in [0.3, 0.4) is 0 Å². The second-order valence-electron chi connectivity index (χ2n) is 10.5. The minimum Gasteiger partial charge on any atom is -0.452 e. The van der Waals surface area contributed by atoms with Gasteiger partial charge in [0.2, 0.25) is 5.91 Å². The first-order valence-electron chi connectivity index (χ1n) is 13.6. The van der Waals surface area contributed by atoms with Crippen LogP contribution in [0.15, 0.2) is 60.7 Å². The summed E-state index contributed by atoms with van der Waals surface area (Å²) in [6, 6.07) is 17.6. The van der Waals surface area contributed by atoms with Gasteiger partial charge in [-0.15, -0.1) is 0 Å². The van der Waals surface area contributed by atoms with Gasteiger partial charge in [0.25, 0.3) is 5.91 Å². The number of guanidine groups is 1. The minimum atomic E-state index is -0.991. The van der Waals surface area contributed by atoms with E-state index in [4.69, 9.17) is 15.9 Å². The van der Waals surface area contributed by atoms with E-state index in [2.05, 4.69) is 19.2 Å². The zero-order valence-corrected chi connectivity index (χ0v) is 23.4. The molecule has 9 nitrogen and oxygen atoms in total. The first-order valence-corrected chi connectivity index (χ1v) is 13.6. The average molecular weight is 536 g/mol. The van der Waals surface area contributed by atoms with E-state index in [-0.39, 0.29) is 24.3 Å². The Morgan fingerprint density at radius 2 is 1.72 bits per heavy atom. The summed E-state index contributed by atoms with van der Waals surface area (Å²) in [5.74, 6) is -0.377. The van der Waals surface area contributed by atoms with Gasteiger partial charge in [0.05, 0.1) is 13.2 Å². The number of carbonyl (C=O) groups excluding carboxylic acids is 3. The van der Waals surface area contributed by atoms with E-state index in [1.165, 1.54) is 12.0 Å². The number of methoxy groups -OCH3 is 1. The second kappa shape index (κ2) is 13.4. The third kappa shape index (κ3) is 6.84. The van der Waals surface area contributed by atoms with Crippen LogP contribution in [0, 0.1) is 11.3 Å². The maximum absolute atomic E-state index is 13.7. The normalized spacial score (nSPS) is 18.6. The number of carbonyl (C=O) groups is 3. The van der Waals surface area contributed by atoms with Crippen LogP contribution in [-0.2, 0) is 26.3 Å². The summed E-state index contributed by atoms with van der Waals surface area (Å²) < 4.78 is 4.95. The van der Waals surface area contributed by atoms with Gasteiger partial charge in [0.1, 0.15) is 5.54 Å². The molecule has 4 N–H and O–H groups in total. The number of nitrogens with zero attached hydrogens (tertiary/aromatic N) is 2. The van der Waals surface area contributed by atoms with Crippen molar-refractivity contribution in [3.8, 4) is 0 Å². The predicted molar refractivity (Wildman–Crippen MR) is 151 cm³/mol. The number of rotatable bonds is 12. The first kappa shape index (κ1) is 29.8. The van der Waals surface area contributed by atoms with Crippen molar-refractivity contribution < 1.29 is 19.1 Å². The number of hydrogen-bond donors (Lipinski definition) is 3. The molecule has 1 aliphatic heterocycles. The lowest BCUT2D eigenvalue weighted by molar-refractivity contribution is -0.134. The second-order valence-corrected chi connectivity index (χ2v) is 10.5. The molecular formula is C30H41N5O4. The lowest BCUT2D eigenvalue weighted by Crippen LogP contribution is -2.52.